The van der Waals surface area contributed by atoms with Gasteiger partial charge in [-0.05, 0) is 24.7 Å². The minimum absolute atomic E-state index is 0.812. The van der Waals surface area contributed by atoms with Crippen LogP contribution >= 0.6 is 18.5 Å². The van der Waals surface area contributed by atoms with Crippen molar-refractivity contribution >= 4 is 18.5 Å². The van der Waals surface area contributed by atoms with Gasteiger partial charge in [0.2, 0.25) is 0 Å². The third-order valence-electron chi connectivity index (χ3n) is 1.11. The molecular weight excluding hydrogens is 134 g/mol. The van der Waals surface area contributed by atoms with Crippen molar-refractivity contribution in [2.24, 2.45) is 0 Å². The predicted molar refractivity (Wildman–Crippen MR) is 47.6 cm³/mol. The van der Waals surface area contributed by atoms with Gasteiger partial charge in [-0.3, -0.25) is 0 Å². The SMILES string of the molecule is CC(P)CCCCP. The number of rotatable bonds is 4. The molecule has 0 saturated heterocycles. The summed E-state index contributed by atoms with van der Waals surface area (Å²) in [4.78, 5) is 0. The van der Waals surface area contributed by atoms with Crippen molar-refractivity contribution in [2.45, 2.75) is 31.8 Å². The summed E-state index contributed by atoms with van der Waals surface area (Å²) < 4.78 is 0. The molecule has 0 bridgehead atoms. The summed E-state index contributed by atoms with van der Waals surface area (Å²) in [5.74, 6) is 0. The molecule has 3 atom stereocenters. The number of hydrogen-bond acceptors (Lipinski definition) is 0. The summed E-state index contributed by atoms with van der Waals surface area (Å²) in [5, 5.41) is 0. The van der Waals surface area contributed by atoms with E-state index < -0.39 is 0 Å². The van der Waals surface area contributed by atoms with E-state index in [1.54, 1.807) is 0 Å². The minimum Gasteiger partial charge on any atom is -0.138 e. The van der Waals surface area contributed by atoms with E-state index in [4.69, 9.17) is 0 Å². The first-order valence-electron chi connectivity index (χ1n) is 3.23. The Morgan fingerprint density at radius 1 is 1.38 bits per heavy atom. The molecule has 0 amide bonds. The second-order valence-electron chi connectivity index (χ2n) is 2.26. The first-order valence-corrected chi connectivity index (χ1v) is 4.71. The van der Waals surface area contributed by atoms with Gasteiger partial charge in [-0.25, -0.2) is 0 Å². The average molecular weight is 150 g/mol. The highest BCUT2D eigenvalue weighted by atomic mass is 31.0. The lowest BCUT2D eigenvalue weighted by Gasteiger charge is -2.00. The average Bonchev–Trinajstić information content (AvgIpc) is 1.66. The van der Waals surface area contributed by atoms with Crippen molar-refractivity contribution in [3.05, 3.63) is 0 Å². The zero-order valence-corrected chi connectivity index (χ0v) is 7.87. The zero-order chi connectivity index (χ0) is 6.41. The lowest BCUT2D eigenvalue weighted by Crippen LogP contribution is -1.88. The molecule has 2 heteroatoms. The van der Waals surface area contributed by atoms with Crippen LogP contribution in [0.2, 0.25) is 0 Å². The normalized spacial score (nSPS) is 13.9. The van der Waals surface area contributed by atoms with E-state index in [1.165, 1.54) is 25.4 Å². The van der Waals surface area contributed by atoms with Crippen LogP contribution in [0.5, 0.6) is 0 Å². The van der Waals surface area contributed by atoms with Crippen LogP contribution < -0.4 is 0 Å². The van der Waals surface area contributed by atoms with Crippen LogP contribution in [0.1, 0.15) is 26.2 Å². The third-order valence-corrected chi connectivity index (χ3v) is 1.86. The molecule has 0 aliphatic rings. The lowest BCUT2D eigenvalue weighted by molar-refractivity contribution is 0.718. The van der Waals surface area contributed by atoms with E-state index in [1.807, 2.05) is 0 Å². The Bertz CT molecular complexity index is 43.8. The molecule has 0 aromatic rings. The van der Waals surface area contributed by atoms with Crippen LogP contribution in [0.25, 0.3) is 0 Å². The van der Waals surface area contributed by atoms with Crippen molar-refractivity contribution in [2.75, 3.05) is 6.16 Å². The number of hydrogen-bond donors (Lipinski definition) is 0. The van der Waals surface area contributed by atoms with E-state index in [-0.39, 0.29) is 0 Å². The van der Waals surface area contributed by atoms with Crippen molar-refractivity contribution in [3.63, 3.8) is 0 Å². The molecule has 0 aliphatic heterocycles. The van der Waals surface area contributed by atoms with Gasteiger partial charge in [0.15, 0.2) is 0 Å². The van der Waals surface area contributed by atoms with Gasteiger partial charge < -0.3 is 0 Å². The standard InChI is InChI=1S/C6H16P2/c1-6(8)4-2-3-5-7/h6H,2-5,7-8H2,1H3. The van der Waals surface area contributed by atoms with E-state index in [9.17, 15) is 0 Å². The summed E-state index contributed by atoms with van der Waals surface area (Å²) in [5.41, 5.74) is 0.812. The second-order valence-corrected chi connectivity index (χ2v) is 3.98. The molecule has 0 aromatic carbocycles. The monoisotopic (exact) mass is 150 g/mol. The first kappa shape index (κ1) is 8.86. The van der Waals surface area contributed by atoms with Gasteiger partial charge >= 0.3 is 0 Å². The second kappa shape index (κ2) is 5.99. The molecule has 50 valence electrons. The fourth-order valence-corrected chi connectivity index (χ4v) is 1.14. The van der Waals surface area contributed by atoms with Crippen molar-refractivity contribution < 1.29 is 0 Å². The first-order chi connectivity index (χ1) is 3.77. The summed E-state index contributed by atoms with van der Waals surface area (Å²) >= 11 is 0. The van der Waals surface area contributed by atoms with Gasteiger partial charge in [0.05, 0.1) is 0 Å². The van der Waals surface area contributed by atoms with Crippen LogP contribution in [0.4, 0.5) is 0 Å². The van der Waals surface area contributed by atoms with Crippen molar-refractivity contribution in [3.8, 4) is 0 Å². The maximum atomic E-state index is 2.82. The van der Waals surface area contributed by atoms with Gasteiger partial charge in [0.1, 0.15) is 0 Å². The quantitative estimate of drug-likeness (QED) is 0.426. The van der Waals surface area contributed by atoms with Gasteiger partial charge in [-0.2, -0.15) is 0 Å². The maximum Gasteiger partial charge on any atom is -0.0293 e. The Morgan fingerprint density at radius 3 is 2.38 bits per heavy atom. The Balaban J connectivity index is 2.72. The Labute approximate surface area is 57.2 Å². The van der Waals surface area contributed by atoms with Crippen molar-refractivity contribution in [1.29, 1.82) is 0 Å². The molecule has 0 fully saturated rings. The fraction of sp³-hybridized carbons (Fsp3) is 1.00. The minimum atomic E-state index is 0.812. The van der Waals surface area contributed by atoms with Gasteiger partial charge in [-0.15, -0.1) is 18.5 Å². The Morgan fingerprint density at radius 2 is 2.00 bits per heavy atom. The maximum absolute atomic E-state index is 2.82. The molecular formula is C6H16P2. The van der Waals surface area contributed by atoms with Gasteiger partial charge in [0.25, 0.3) is 0 Å². The van der Waals surface area contributed by atoms with Crippen LogP contribution in [0.15, 0.2) is 0 Å². The molecule has 0 heterocycles. The van der Waals surface area contributed by atoms with Crippen LogP contribution in [0, 0.1) is 0 Å². The van der Waals surface area contributed by atoms with E-state index in [0.29, 0.717) is 0 Å². The third kappa shape index (κ3) is 6.86. The summed E-state index contributed by atoms with van der Waals surface area (Å²) in [6.45, 7) is 2.24. The summed E-state index contributed by atoms with van der Waals surface area (Å²) in [6, 6.07) is 0. The lowest BCUT2D eigenvalue weighted by atomic mass is 10.2. The largest absolute Gasteiger partial charge is 0.138 e. The fourth-order valence-electron chi connectivity index (χ4n) is 0.611. The highest BCUT2D eigenvalue weighted by molar-refractivity contribution is 7.17. The molecule has 0 N–H and O–H groups in total. The van der Waals surface area contributed by atoms with Crippen molar-refractivity contribution in [1.82, 2.24) is 0 Å². The highest BCUT2D eigenvalue weighted by Crippen LogP contribution is 2.08. The van der Waals surface area contributed by atoms with E-state index >= 15 is 0 Å². The van der Waals surface area contributed by atoms with Crippen LogP contribution in [-0.2, 0) is 0 Å². The van der Waals surface area contributed by atoms with E-state index in [0.717, 1.165) is 5.66 Å². The topological polar surface area (TPSA) is 0 Å². The molecule has 0 spiro atoms. The molecule has 0 aliphatic carbocycles. The molecule has 0 nitrogen and oxygen atoms in total. The van der Waals surface area contributed by atoms with Gasteiger partial charge in [-0.1, -0.05) is 13.3 Å². The molecule has 0 radical (unpaired) electrons. The molecule has 0 aromatic heterocycles. The molecule has 3 unspecified atom stereocenters. The molecule has 0 rings (SSSR count). The summed E-state index contributed by atoms with van der Waals surface area (Å²) in [6.07, 6.45) is 5.37. The Hall–Kier alpha value is 0.860. The smallest absolute Gasteiger partial charge is 0.0293 e. The summed E-state index contributed by atoms with van der Waals surface area (Å²) in [7, 11) is 5.58. The zero-order valence-electron chi connectivity index (χ0n) is 5.56. The molecule has 8 heavy (non-hydrogen) atoms. The van der Waals surface area contributed by atoms with Crippen LogP contribution in [-0.4, -0.2) is 11.8 Å². The van der Waals surface area contributed by atoms with Gasteiger partial charge in [0, 0.05) is 0 Å². The molecule has 0 saturated carbocycles. The van der Waals surface area contributed by atoms with Crippen LogP contribution in [0.3, 0.4) is 0 Å². The number of unbranched alkanes of at least 4 members (excludes halogenated alkanes) is 1. The highest BCUT2D eigenvalue weighted by Gasteiger charge is 1.90. The van der Waals surface area contributed by atoms with E-state index in [2.05, 4.69) is 25.4 Å². The predicted octanol–water partition coefficient (Wildman–Crippen LogP) is 2.30. The Kier molecular flexibility index (Phi) is 6.63.